The van der Waals surface area contributed by atoms with Crippen molar-refractivity contribution in [3.8, 4) is 5.69 Å². The minimum absolute atomic E-state index is 0.162. The largest absolute Gasteiger partial charge is 0.319 e. The van der Waals surface area contributed by atoms with Gasteiger partial charge in [0.15, 0.2) is 5.16 Å². The Kier molecular flexibility index (Phi) is 4.72. The Bertz CT molecular complexity index is 1140. The fourth-order valence-electron chi connectivity index (χ4n) is 2.78. The van der Waals surface area contributed by atoms with Crippen LogP contribution in [0, 0.1) is 0 Å². The average molecular weight is 384 g/mol. The lowest BCUT2D eigenvalue weighted by atomic mass is 10.2. The molecule has 8 heteroatoms. The van der Waals surface area contributed by atoms with E-state index in [1.165, 1.54) is 28.7 Å². The fraction of sp³-hybridized carbons (Fsp3) is 0.105. The normalized spacial score (nSPS) is 11.4. The summed E-state index contributed by atoms with van der Waals surface area (Å²) in [5.41, 5.74) is 1.03. The second-order valence-electron chi connectivity index (χ2n) is 5.70. The highest BCUT2D eigenvalue weighted by molar-refractivity contribution is 7.98. The van der Waals surface area contributed by atoms with E-state index in [0.29, 0.717) is 21.7 Å². The van der Waals surface area contributed by atoms with Crippen LogP contribution >= 0.6 is 11.8 Å². The molecule has 0 saturated heterocycles. The molecule has 2 aromatic heterocycles. The molecule has 27 heavy (non-hydrogen) atoms. The Morgan fingerprint density at radius 2 is 1.78 bits per heavy atom. The first-order valence-electron chi connectivity index (χ1n) is 8.15. The number of aromatic nitrogens is 4. The van der Waals surface area contributed by atoms with Gasteiger partial charge in [0.25, 0.3) is 5.56 Å². The number of hydrogen-bond acceptors (Lipinski definition) is 4. The molecule has 0 aliphatic rings. The predicted molar refractivity (Wildman–Crippen MR) is 100 cm³/mol. The molecule has 0 aliphatic carbocycles. The Labute approximate surface area is 157 Å². The number of benzene rings is 2. The van der Waals surface area contributed by atoms with Gasteiger partial charge in [-0.05, 0) is 24.3 Å². The zero-order valence-electron chi connectivity index (χ0n) is 14.0. The predicted octanol–water partition coefficient (Wildman–Crippen LogP) is 4.27. The number of rotatable bonds is 5. The smallest absolute Gasteiger partial charge is 0.277 e. The van der Waals surface area contributed by atoms with Crippen LogP contribution in [0.5, 0.6) is 0 Å². The summed E-state index contributed by atoms with van der Waals surface area (Å²) in [6.45, 7) is -2.66. The highest BCUT2D eigenvalue weighted by atomic mass is 32.2. The van der Waals surface area contributed by atoms with Crippen molar-refractivity contribution in [2.45, 2.75) is 17.5 Å². The van der Waals surface area contributed by atoms with Crippen LogP contribution in [0.2, 0.25) is 0 Å². The van der Waals surface area contributed by atoms with Crippen molar-refractivity contribution in [3.63, 3.8) is 0 Å². The van der Waals surface area contributed by atoms with E-state index in [2.05, 4.69) is 9.97 Å². The minimum atomic E-state index is -2.66. The molecule has 0 N–H and O–H groups in total. The lowest BCUT2D eigenvalue weighted by Gasteiger charge is -2.13. The van der Waals surface area contributed by atoms with E-state index >= 15 is 0 Å². The van der Waals surface area contributed by atoms with Crippen LogP contribution in [0.3, 0.4) is 0 Å². The topological polar surface area (TPSA) is 52.7 Å². The zero-order valence-corrected chi connectivity index (χ0v) is 14.8. The summed E-state index contributed by atoms with van der Waals surface area (Å²) >= 11 is 1.20. The summed E-state index contributed by atoms with van der Waals surface area (Å²) in [7, 11) is 0. The fourth-order valence-corrected chi connectivity index (χ4v) is 3.74. The number of thioether (sulfide) groups is 1. The molecule has 0 saturated carbocycles. The number of para-hydroxylation sites is 2. The number of imidazole rings is 1. The SMILES string of the molecule is O=c1c2ccccc2nc(SCc2nccn2C(F)F)n1-c1ccccc1. The van der Waals surface area contributed by atoms with E-state index < -0.39 is 6.55 Å². The van der Waals surface area contributed by atoms with Crippen LogP contribution < -0.4 is 5.56 Å². The summed E-state index contributed by atoms with van der Waals surface area (Å²) in [6.07, 6.45) is 2.57. The maximum absolute atomic E-state index is 13.1. The monoisotopic (exact) mass is 384 g/mol. The van der Waals surface area contributed by atoms with Crippen LogP contribution in [-0.2, 0) is 5.75 Å². The number of alkyl halides is 2. The second kappa shape index (κ2) is 7.32. The standard InChI is InChI=1S/C19H14F2N4OS/c20-18(21)24-11-10-22-16(24)12-27-19-23-15-9-5-4-8-14(15)17(26)25(19)13-6-2-1-3-7-13/h1-11,18H,12H2. The number of fused-ring (bicyclic) bond motifs is 1. The van der Waals surface area contributed by atoms with Crippen molar-refractivity contribution in [1.29, 1.82) is 0 Å². The van der Waals surface area contributed by atoms with Crippen LogP contribution in [0.15, 0.2) is 76.9 Å². The van der Waals surface area contributed by atoms with Crippen LogP contribution in [0.1, 0.15) is 12.4 Å². The molecule has 0 radical (unpaired) electrons. The highest BCUT2D eigenvalue weighted by Gasteiger charge is 2.16. The van der Waals surface area contributed by atoms with Crippen LogP contribution in [0.25, 0.3) is 16.6 Å². The molecular formula is C19H14F2N4OS. The third-order valence-electron chi connectivity index (χ3n) is 4.05. The maximum Gasteiger partial charge on any atom is 0.319 e. The summed E-state index contributed by atoms with van der Waals surface area (Å²) in [6, 6.07) is 16.2. The van der Waals surface area contributed by atoms with Crippen molar-refractivity contribution < 1.29 is 8.78 Å². The van der Waals surface area contributed by atoms with Gasteiger partial charge in [0.2, 0.25) is 0 Å². The van der Waals surface area contributed by atoms with E-state index in [0.717, 1.165) is 4.57 Å². The lowest BCUT2D eigenvalue weighted by molar-refractivity contribution is 0.0678. The first kappa shape index (κ1) is 17.4. The summed E-state index contributed by atoms with van der Waals surface area (Å²) in [5.74, 6) is 0.381. The first-order valence-corrected chi connectivity index (χ1v) is 9.13. The molecule has 2 aromatic carbocycles. The highest BCUT2D eigenvalue weighted by Crippen LogP contribution is 2.25. The second-order valence-corrected chi connectivity index (χ2v) is 6.65. The molecule has 0 bridgehead atoms. The molecule has 4 rings (SSSR count). The van der Waals surface area contributed by atoms with Crippen LogP contribution in [-0.4, -0.2) is 19.1 Å². The van der Waals surface area contributed by atoms with E-state index in [1.807, 2.05) is 30.3 Å². The Morgan fingerprint density at radius 3 is 2.56 bits per heavy atom. The van der Waals surface area contributed by atoms with Crippen LogP contribution in [0.4, 0.5) is 8.78 Å². The van der Waals surface area contributed by atoms with Gasteiger partial charge in [-0.3, -0.25) is 13.9 Å². The molecule has 2 heterocycles. The van der Waals surface area contributed by atoms with Gasteiger partial charge < -0.3 is 0 Å². The Balaban J connectivity index is 1.81. The lowest BCUT2D eigenvalue weighted by Crippen LogP contribution is -2.21. The van der Waals surface area contributed by atoms with E-state index in [1.54, 1.807) is 24.3 Å². The van der Waals surface area contributed by atoms with Crippen molar-refractivity contribution in [1.82, 2.24) is 19.1 Å². The van der Waals surface area contributed by atoms with Gasteiger partial charge in [-0.1, -0.05) is 42.1 Å². The quantitative estimate of drug-likeness (QED) is 0.381. The third kappa shape index (κ3) is 3.35. The maximum atomic E-state index is 13.1. The third-order valence-corrected chi connectivity index (χ3v) is 4.98. The Hall–Kier alpha value is -3.00. The van der Waals surface area contributed by atoms with Crippen molar-refractivity contribution >= 4 is 22.7 Å². The zero-order chi connectivity index (χ0) is 18.8. The van der Waals surface area contributed by atoms with E-state index in [-0.39, 0.29) is 17.1 Å². The van der Waals surface area contributed by atoms with Gasteiger partial charge in [-0.15, -0.1) is 0 Å². The summed E-state index contributed by atoms with van der Waals surface area (Å²) in [4.78, 5) is 21.6. The molecule has 0 aliphatic heterocycles. The molecular weight excluding hydrogens is 370 g/mol. The number of halogens is 2. The van der Waals surface area contributed by atoms with E-state index in [9.17, 15) is 13.6 Å². The molecule has 0 fully saturated rings. The average Bonchev–Trinajstić information content (AvgIpc) is 3.16. The van der Waals surface area contributed by atoms with Crippen molar-refractivity contribution in [2.24, 2.45) is 0 Å². The van der Waals surface area contributed by atoms with Gasteiger partial charge in [-0.2, -0.15) is 8.78 Å². The molecule has 0 amide bonds. The summed E-state index contributed by atoms with van der Waals surface area (Å²) in [5, 5.41) is 0.925. The first-order chi connectivity index (χ1) is 13.1. The molecule has 0 unspecified atom stereocenters. The minimum Gasteiger partial charge on any atom is -0.277 e. The molecule has 136 valence electrons. The molecule has 4 aromatic rings. The van der Waals surface area contributed by atoms with Gasteiger partial charge in [-0.25, -0.2) is 9.97 Å². The number of nitrogens with zero attached hydrogens (tertiary/aromatic N) is 4. The van der Waals surface area contributed by atoms with Gasteiger partial charge in [0.1, 0.15) is 5.82 Å². The molecule has 0 spiro atoms. The van der Waals surface area contributed by atoms with E-state index in [4.69, 9.17) is 0 Å². The van der Waals surface area contributed by atoms with Crippen molar-refractivity contribution in [2.75, 3.05) is 0 Å². The van der Waals surface area contributed by atoms with Gasteiger partial charge >= 0.3 is 6.55 Å². The summed E-state index contributed by atoms with van der Waals surface area (Å²) < 4.78 is 28.4. The number of hydrogen-bond donors (Lipinski definition) is 0. The molecule has 0 atom stereocenters. The van der Waals surface area contributed by atoms with Gasteiger partial charge in [0.05, 0.1) is 22.3 Å². The Morgan fingerprint density at radius 1 is 1.04 bits per heavy atom. The van der Waals surface area contributed by atoms with Gasteiger partial charge in [0, 0.05) is 12.4 Å². The molecule has 5 nitrogen and oxygen atoms in total. The van der Waals surface area contributed by atoms with Crippen molar-refractivity contribution in [3.05, 3.63) is 83.2 Å².